The van der Waals surface area contributed by atoms with Crippen molar-refractivity contribution in [1.29, 1.82) is 0 Å². The van der Waals surface area contributed by atoms with Crippen LogP contribution in [0.1, 0.15) is 37.4 Å². The van der Waals surface area contributed by atoms with Crippen LogP contribution in [0.5, 0.6) is 0 Å². The van der Waals surface area contributed by atoms with Crippen molar-refractivity contribution in [3.63, 3.8) is 0 Å². The third kappa shape index (κ3) is 3.36. The molecule has 2 aromatic heterocycles. The van der Waals surface area contributed by atoms with Crippen LogP contribution in [-0.2, 0) is 7.05 Å². The highest BCUT2D eigenvalue weighted by Gasteiger charge is 2.28. The smallest absolute Gasteiger partial charge is 0.133 e. The summed E-state index contributed by atoms with van der Waals surface area (Å²) >= 11 is 0. The largest absolute Gasteiger partial charge is 0.467 e. The van der Waals surface area contributed by atoms with E-state index in [9.17, 15) is 0 Å². The number of rotatable bonds is 8. The average molecular weight is 288 g/mol. The molecule has 2 heterocycles. The molecule has 0 aromatic carbocycles. The Morgan fingerprint density at radius 1 is 1.52 bits per heavy atom. The van der Waals surface area contributed by atoms with Crippen molar-refractivity contribution < 1.29 is 4.42 Å². The lowest BCUT2D eigenvalue weighted by molar-refractivity contribution is 0.271. The molecule has 0 spiro atoms. The van der Waals surface area contributed by atoms with Gasteiger partial charge >= 0.3 is 0 Å². The Morgan fingerprint density at radius 2 is 2.38 bits per heavy atom. The van der Waals surface area contributed by atoms with Crippen LogP contribution in [-0.4, -0.2) is 40.1 Å². The minimum atomic E-state index is 0.0120. The van der Waals surface area contributed by atoms with Crippen LogP contribution >= 0.6 is 0 Å². The van der Waals surface area contributed by atoms with Crippen molar-refractivity contribution >= 4 is 0 Å². The van der Waals surface area contributed by atoms with Gasteiger partial charge in [-0.15, -0.1) is 0 Å². The molecular weight excluding hydrogens is 264 g/mol. The van der Waals surface area contributed by atoms with E-state index in [-0.39, 0.29) is 6.04 Å². The van der Waals surface area contributed by atoms with Crippen LogP contribution in [0.2, 0.25) is 0 Å². The van der Waals surface area contributed by atoms with E-state index in [1.54, 1.807) is 6.26 Å². The third-order valence-electron chi connectivity index (χ3n) is 4.16. The first-order valence-electron chi connectivity index (χ1n) is 7.77. The zero-order valence-electron chi connectivity index (χ0n) is 12.8. The second-order valence-corrected chi connectivity index (χ2v) is 5.66. The van der Waals surface area contributed by atoms with E-state index in [1.165, 1.54) is 12.8 Å². The highest BCUT2D eigenvalue weighted by molar-refractivity contribution is 5.15. The van der Waals surface area contributed by atoms with Crippen LogP contribution < -0.4 is 5.32 Å². The van der Waals surface area contributed by atoms with Crippen molar-refractivity contribution in [3.8, 4) is 0 Å². The van der Waals surface area contributed by atoms with Gasteiger partial charge in [-0.1, -0.05) is 6.92 Å². The van der Waals surface area contributed by atoms with Crippen molar-refractivity contribution in [2.45, 2.75) is 31.8 Å². The SMILES string of the molecule is CCN(CCNC(c1ccco1)c1nccn1C)C1CC1. The van der Waals surface area contributed by atoms with Crippen LogP contribution in [0.4, 0.5) is 0 Å². The van der Waals surface area contributed by atoms with Gasteiger partial charge in [0.2, 0.25) is 0 Å². The predicted molar refractivity (Wildman–Crippen MR) is 82.0 cm³/mol. The molecule has 5 nitrogen and oxygen atoms in total. The van der Waals surface area contributed by atoms with E-state index < -0.39 is 0 Å². The number of hydrogen-bond acceptors (Lipinski definition) is 4. The van der Waals surface area contributed by atoms with Crippen LogP contribution in [0.15, 0.2) is 35.2 Å². The summed E-state index contributed by atoms with van der Waals surface area (Å²) in [7, 11) is 2.02. The fourth-order valence-corrected chi connectivity index (χ4v) is 2.82. The molecule has 5 heteroatoms. The van der Waals surface area contributed by atoms with E-state index in [4.69, 9.17) is 4.42 Å². The minimum absolute atomic E-state index is 0.0120. The first-order valence-corrected chi connectivity index (χ1v) is 7.77. The molecule has 0 amide bonds. The zero-order chi connectivity index (χ0) is 14.7. The Hall–Kier alpha value is -1.59. The first kappa shape index (κ1) is 14.4. The van der Waals surface area contributed by atoms with Gasteiger partial charge in [0.25, 0.3) is 0 Å². The van der Waals surface area contributed by atoms with E-state index >= 15 is 0 Å². The molecule has 114 valence electrons. The molecule has 1 unspecified atom stereocenters. The molecule has 1 N–H and O–H groups in total. The maximum Gasteiger partial charge on any atom is 0.133 e. The van der Waals surface area contributed by atoms with E-state index in [0.29, 0.717) is 0 Å². The van der Waals surface area contributed by atoms with Gasteiger partial charge in [-0.05, 0) is 31.5 Å². The number of imidazole rings is 1. The highest BCUT2D eigenvalue weighted by Crippen LogP contribution is 2.26. The second kappa shape index (κ2) is 6.45. The average Bonchev–Trinajstić information content (AvgIpc) is 3.01. The van der Waals surface area contributed by atoms with Gasteiger partial charge in [-0.3, -0.25) is 10.2 Å². The lowest BCUT2D eigenvalue weighted by Crippen LogP contribution is -2.36. The third-order valence-corrected chi connectivity index (χ3v) is 4.16. The summed E-state index contributed by atoms with van der Waals surface area (Å²) in [6.45, 7) is 5.37. The van der Waals surface area contributed by atoms with Gasteiger partial charge in [0.05, 0.1) is 6.26 Å². The van der Waals surface area contributed by atoms with Gasteiger partial charge in [-0.2, -0.15) is 0 Å². The molecule has 21 heavy (non-hydrogen) atoms. The van der Waals surface area contributed by atoms with Gasteiger partial charge in [0, 0.05) is 38.6 Å². The lowest BCUT2D eigenvalue weighted by atomic mass is 10.2. The van der Waals surface area contributed by atoms with E-state index in [2.05, 4.69) is 22.1 Å². The Bertz CT molecular complexity index is 544. The molecule has 2 aromatic rings. The Morgan fingerprint density at radius 3 is 2.95 bits per heavy atom. The summed E-state index contributed by atoms with van der Waals surface area (Å²) in [6.07, 6.45) is 8.23. The number of nitrogens with one attached hydrogen (secondary N) is 1. The maximum atomic E-state index is 5.59. The van der Waals surface area contributed by atoms with E-state index in [0.717, 1.165) is 37.3 Å². The molecule has 1 saturated carbocycles. The Kier molecular flexibility index (Phi) is 4.41. The summed E-state index contributed by atoms with van der Waals surface area (Å²) in [4.78, 5) is 7.01. The molecule has 0 aliphatic heterocycles. The summed E-state index contributed by atoms with van der Waals surface area (Å²) in [5.41, 5.74) is 0. The van der Waals surface area contributed by atoms with Gasteiger partial charge < -0.3 is 8.98 Å². The molecular formula is C16H24N4O. The van der Waals surface area contributed by atoms with Crippen molar-refractivity contribution in [1.82, 2.24) is 19.8 Å². The fraction of sp³-hybridized carbons (Fsp3) is 0.562. The number of nitrogens with zero attached hydrogens (tertiary/aromatic N) is 3. The van der Waals surface area contributed by atoms with Crippen LogP contribution in [0, 0.1) is 0 Å². The van der Waals surface area contributed by atoms with Gasteiger partial charge in [0.15, 0.2) is 0 Å². The molecule has 1 fully saturated rings. The van der Waals surface area contributed by atoms with Crippen molar-refractivity contribution in [2.75, 3.05) is 19.6 Å². The first-order chi connectivity index (χ1) is 10.3. The molecule has 0 saturated heterocycles. The fourth-order valence-electron chi connectivity index (χ4n) is 2.82. The number of likely N-dealkylation sites (N-methyl/N-ethyl adjacent to an activating group) is 1. The van der Waals surface area contributed by atoms with Crippen LogP contribution in [0.3, 0.4) is 0 Å². The number of aryl methyl sites for hydroxylation is 1. The number of aromatic nitrogens is 2. The topological polar surface area (TPSA) is 46.2 Å². The predicted octanol–water partition coefficient (Wildman–Crippen LogP) is 2.18. The zero-order valence-corrected chi connectivity index (χ0v) is 12.8. The summed E-state index contributed by atoms with van der Waals surface area (Å²) < 4.78 is 7.63. The molecule has 0 radical (unpaired) electrons. The summed E-state index contributed by atoms with van der Waals surface area (Å²) in [5, 5.41) is 3.59. The highest BCUT2D eigenvalue weighted by atomic mass is 16.3. The molecule has 0 bridgehead atoms. The lowest BCUT2D eigenvalue weighted by Gasteiger charge is -2.22. The summed E-state index contributed by atoms with van der Waals surface area (Å²) in [5.74, 6) is 1.90. The molecule has 1 atom stereocenters. The van der Waals surface area contributed by atoms with Crippen molar-refractivity contribution in [3.05, 3.63) is 42.4 Å². The Labute approximate surface area is 126 Å². The van der Waals surface area contributed by atoms with E-state index in [1.807, 2.05) is 36.1 Å². The van der Waals surface area contributed by atoms with Crippen molar-refractivity contribution in [2.24, 2.45) is 7.05 Å². The van der Waals surface area contributed by atoms with Gasteiger partial charge in [0.1, 0.15) is 17.6 Å². The molecule has 1 aliphatic carbocycles. The quantitative estimate of drug-likeness (QED) is 0.809. The molecule has 1 aliphatic rings. The van der Waals surface area contributed by atoms with Gasteiger partial charge in [-0.25, -0.2) is 4.98 Å². The second-order valence-electron chi connectivity index (χ2n) is 5.66. The number of furan rings is 1. The minimum Gasteiger partial charge on any atom is -0.467 e. The summed E-state index contributed by atoms with van der Waals surface area (Å²) in [6, 6.07) is 4.75. The monoisotopic (exact) mass is 288 g/mol. The normalized spacial score (nSPS) is 16.5. The number of hydrogen-bond donors (Lipinski definition) is 1. The standard InChI is InChI=1S/C16H24N4O/c1-3-20(13-6-7-13)11-9-17-15(14-5-4-12-21-14)16-18-8-10-19(16)2/h4-5,8,10,12-13,15,17H,3,6-7,9,11H2,1-2H3. The molecule has 3 rings (SSSR count). The Balaban J connectivity index is 1.64. The van der Waals surface area contributed by atoms with Crippen LogP contribution in [0.25, 0.3) is 0 Å². The maximum absolute atomic E-state index is 5.59.